The van der Waals surface area contributed by atoms with Crippen LogP contribution < -0.4 is 4.74 Å². The van der Waals surface area contributed by atoms with Crippen LogP contribution in [0.3, 0.4) is 0 Å². The van der Waals surface area contributed by atoms with Gasteiger partial charge < -0.3 is 4.74 Å². The Morgan fingerprint density at radius 1 is 1.04 bits per heavy atom. The van der Waals surface area contributed by atoms with Crippen LogP contribution in [-0.2, 0) is 10.0 Å². The van der Waals surface area contributed by atoms with Crippen LogP contribution >= 0.6 is 11.6 Å². The lowest BCUT2D eigenvalue weighted by Crippen LogP contribution is -2.12. The highest BCUT2D eigenvalue weighted by atomic mass is 35.5. The second-order valence-corrected chi connectivity index (χ2v) is 8.08. The van der Waals surface area contributed by atoms with Gasteiger partial charge in [0.1, 0.15) is 5.75 Å². The molecule has 5 nitrogen and oxygen atoms in total. The van der Waals surface area contributed by atoms with Crippen LogP contribution in [0.2, 0.25) is 5.02 Å². The van der Waals surface area contributed by atoms with Crippen LogP contribution in [0.4, 0.5) is 0 Å². The number of nitrogens with zero attached hydrogens (tertiary/aromatic N) is 2. The molecule has 27 heavy (non-hydrogen) atoms. The molecule has 0 N–H and O–H groups in total. The Kier molecular flexibility index (Phi) is 4.37. The van der Waals surface area contributed by atoms with Gasteiger partial charge >= 0.3 is 0 Å². The first-order valence-electron chi connectivity index (χ1n) is 8.13. The van der Waals surface area contributed by atoms with Gasteiger partial charge in [0, 0.05) is 23.3 Å². The van der Waals surface area contributed by atoms with Crippen molar-refractivity contribution in [3.05, 3.63) is 78.1 Å². The van der Waals surface area contributed by atoms with Gasteiger partial charge in [-0.05, 0) is 35.9 Å². The summed E-state index contributed by atoms with van der Waals surface area (Å²) in [7, 11) is -2.16. The second-order valence-electron chi connectivity index (χ2n) is 5.88. The SMILES string of the molecule is COc1cccc(-c2cnc3c(ccn3S(=O)(=O)c3ccccc3)c2Cl)c1. The maximum Gasteiger partial charge on any atom is 0.269 e. The van der Waals surface area contributed by atoms with E-state index in [1.807, 2.05) is 24.3 Å². The van der Waals surface area contributed by atoms with Crippen LogP contribution in [-0.4, -0.2) is 24.5 Å². The van der Waals surface area contributed by atoms with Gasteiger partial charge in [-0.15, -0.1) is 0 Å². The third-order valence-electron chi connectivity index (χ3n) is 4.30. The molecular weight excluding hydrogens is 384 g/mol. The van der Waals surface area contributed by atoms with E-state index < -0.39 is 10.0 Å². The van der Waals surface area contributed by atoms with Crippen LogP contribution in [0.25, 0.3) is 22.2 Å². The molecule has 0 saturated carbocycles. The highest BCUT2D eigenvalue weighted by molar-refractivity contribution is 7.90. The highest BCUT2D eigenvalue weighted by Gasteiger charge is 2.21. The standard InChI is InChI=1S/C20H15ClN2O3S/c1-26-15-7-5-6-14(12-15)18-13-22-20-17(19(18)21)10-11-23(20)27(24,25)16-8-3-2-4-9-16/h2-13H,1H3. The van der Waals surface area contributed by atoms with E-state index in [1.165, 1.54) is 6.20 Å². The number of pyridine rings is 1. The van der Waals surface area contributed by atoms with Crippen molar-refractivity contribution in [1.82, 2.24) is 8.96 Å². The Balaban J connectivity index is 1.88. The van der Waals surface area contributed by atoms with Gasteiger partial charge in [-0.25, -0.2) is 17.4 Å². The average molecular weight is 399 g/mol. The maximum atomic E-state index is 12.9. The van der Waals surface area contributed by atoms with E-state index in [0.29, 0.717) is 21.7 Å². The number of hydrogen-bond acceptors (Lipinski definition) is 4. The van der Waals surface area contributed by atoms with E-state index in [4.69, 9.17) is 16.3 Å². The maximum absolute atomic E-state index is 12.9. The zero-order valence-corrected chi connectivity index (χ0v) is 15.9. The molecule has 0 atom stereocenters. The predicted molar refractivity (Wildman–Crippen MR) is 106 cm³/mol. The molecule has 0 bridgehead atoms. The molecular formula is C20H15ClN2O3S. The highest BCUT2D eigenvalue weighted by Crippen LogP contribution is 2.35. The molecule has 4 aromatic rings. The third kappa shape index (κ3) is 2.97. The Morgan fingerprint density at radius 3 is 2.56 bits per heavy atom. The minimum absolute atomic E-state index is 0.192. The number of benzene rings is 2. The zero-order valence-electron chi connectivity index (χ0n) is 14.3. The Labute approximate surface area is 161 Å². The van der Waals surface area contributed by atoms with Gasteiger partial charge in [-0.2, -0.15) is 0 Å². The first-order valence-corrected chi connectivity index (χ1v) is 9.95. The molecule has 2 aromatic carbocycles. The molecule has 2 heterocycles. The van der Waals surface area contributed by atoms with Crippen molar-refractivity contribution >= 4 is 32.7 Å². The summed E-state index contributed by atoms with van der Waals surface area (Å²) in [4.78, 5) is 4.58. The summed E-state index contributed by atoms with van der Waals surface area (Å²) in [6.07, 6.45) is 3.05. The second kappa shape index (κ2) is 6.72. The molecule has 0 amide bonds. The molecule has 0 fully saturated rings. The van der Waals surface area contributed by atoms with Crippen molar-refractivity contribution in [2.75, 3.05) is 7.11 Å². The Morgan fingerprint density at radius 2 is 1.81 bits per heavy atom. The first kappa shape index (κ1) is 17.6. The number of ether oxygens (including phenoxy) is 1. The Hall–Kier alpha value is -2.83. The molecule has 7 heteroatoms. The number of methoxy groups -OCH3 is 1. The fourth-order valence-corrected chi connectivity index (χ4v) is 4.55. The van der Waals surface area contributed by atoms with Gasteiger partial charge in [0.15, 0.2) is 5.65 Å². The quantitative estimate of drug-likeness (QED) is 0.504. The molecule has 0 unspecified atom stereocenters. The molecule has 0 saturated heterocycles. The van der Waals surface area contributed by atoms with Crippen molar-refractivity contribution in [1.29, 1.82) is 0 Å². The molecule has 0 radical (unpaired) electrons. The summed E-state index contributed by atoms with van der Waals surface area (Å²) in [5.41, 5.74) is 1.83. The third-order valence-corrected chi connectivity index (χ3v) is 6.38. The van der Waals surface area contributed by atoms with E-state index >= 15 is 0 Å². The number of halogens is 1. The topological polar surface area (TPSA) is 61.2 Å². The number of aromatic nitrogens is 2. The zero-order chi connectivity index (χ0) is 19.0. The van der Waals surface area contributed by atoms with Crippen molar-refractivity contribution in [3.8, 4) is 16.9 Å². The Bertz CT molecular complexity index is 1230. The lowest BCUT2D eigenvalue weighted by molar-refractivity contribution is 0.415. The van der Waals surface area contributed by atoms with Gasteiger partial charge in [0.05, 0.1) is 17.0 Å². The molecule has 0 spiro atoms. The van der Waals surface area contributed by atoms with Crippen LogP contribution in [0.15, 0.2) is 78.0 Å². The van der Waals surface area contributed by atoms with Crippen LogP contribution in [0.5, 0.6) is 5.75 Å². The summed E-state index contributed by atoms with van der Waals surface area (Å²) >= 11 is 6.59. The van der Waals surface area contributed by atoms with Crippen molar-refractivity contribution in [2.45, 2.75) is 4.90 Å². The minimum Gasteiger partial charge on any atom is -0.497 e. The van der Waals surface area contributed by atoms with Crippen LogP contribution in [0, 0.1) is 0 Å². The molecule has 2 aromatic heterocycles. The fourth-order valence-electron chi connectivity index (χ4n) is 2.92. The lowest BCUT2D eigenvalue weighted by atomic mass is 10.1. The first-order chi connectivity index (χ1) is 13.0. The van der Waals surface area contributed by atoms with Gasteiger partial charge in [0.2, 0.25) is 0 Å². The molecule has 136 valence electrons. The number of hydrogen-bond donors (Lipinski definition) is 0. The summed E-state index contributed by atoms with van der Waals surface area (Å²) in [6.45, 7) is 0. The summed E-state index contributed by atoms with van der Waals surface area (Å²) in [6, 6.07) is 17.3. The van der Waals surface area contributed by atoms with Crippen molar-refractivity contribution < 1.29 is 13.2 Å². The number of rotatable bonds is 4. The minimum atomic E-state index is -3.75. The van der Waals surface area contributed by atoms with E-state index in [0.717, 1.165) is 9.54 Å². The average Bonchev–Trinajstić information content (AvgIpc) is 3.15. The van der Waals surface area contributed by atoms with E-state index in [9.17, 15) is 8.42 Å². The summed E-state index contributed by atoms with van der Waals surface area (Å²) in [5.74, 6) is 0.702. The predicted octanol–water partition coefficient (Wildman–Crippen LogP) is 4.60. The van der Waals surface area contributed by atoms with E-state index in [2.05, 4.69) is 4.98 Å². The number of fused-ring (bicyclic) bond motifs is 1. The van der Waals surface area contributed by atoms with Crippen molar-refractivity contribution in [2.24, 2.45) is 0 Å². The molecule has 0 aliphatic rings. The molecule has 4 rings (SSSR count). The van der Waals surface area contributed by atoms with Crippen LogP contribution in [0.1, 0.15) is 0 Å². The smallest absolute Gasteiger partial charge is 0.269 e. The largest absolute Gasteiger partial charge is 0.497 e. The van der Waals surface area contributed by atoms with E-state index in [1.54, 1.807) is 49.7 Å². The van der Waals surface area contributed by atoms with Gasteiger partial charge in [-0.3, -0.25) is 0 Å². The van der Waals surface area contributed by atoms with Gasteiger partial charge in [0.25, 0.3) is 10.0 Å². The molecule has 0 aliphatic carbocycles. The van der Waals surface area contributed by atoms with Gasteiger partial charge in [-0.1, -0.05) is 41.9 Å². The summed E-state index contributed by atoms with van der Waals surface area (Å²) < 4.78 is 32.3. The molecule has 0 aliphatic heterocycles. The van der Waals surface area contributed by atoms with Crippen molar-refractivity contribution in [3.63, 3.8) is 0 Å². The summed E-state index contributed by atoms with van der Waals surface area (Å²) in [5, 5.41) is 1.01. The monoisotopic (exact) mass is 398 g/mol. The fraction of sp³-hybridized carbons (Fsp3) is 0.0500. The lowest BCUT2D eigenvalue weighted by Gasteiger charge is -2.09. The normalized spacial score (nSPS) is 11.6. The van der Waals surface area contributed by atoms with E-state index in [-0.39, 0.29) is 10.5 Å².